The highest BCUT2D eigenvalue weighted by molar-refractivity contribution is 6.04. The number of anilines is 2. The maximum absolute atomic E-state index is 12.9. The molecular formula is C22H24N4O2. The van der Waals surface area contributed by atoms with Crippen LogP contribution in [0.4, 0.5) is 11.5 Å². The van der Waals surface area contributed by atoms with E-state index in [2.05, 4.69) is 27.5 Å². The molecule has 0 aliphatic carbocycles. The van der Waals surface area contributed by atoms with Crippen LogP contribution in [0.3, 0.4) is 0 Å². The van der Waals surface area contributed by atoms with E-state index in [4.69, 9.17) is 4.74 Å². The van der Waals surface area contributed by atoms with E-state index in [1.807, 2.05) is 42.5 Å². The third kappa shape index (κ3) is 4.85. The number of amides is 1. The summed E-state index contributed by atoms with van der Waals surface area (Å²) in [6, 6.07) is 18.6. The first-order chi connectivity index (χ1) is 13.7. The van der Waals surface area contributed by atoms with Gasteiger partial charge in [-0.05, 0) is 18.6 Å². The SMILES string of the molecule is CCCCNc1cc(C(=O)Nc2ccccc2OC)nc(-c2ccccc2)n1. The Morgan fingerprint density at radius 2 is 1.79 bits per heavy atom. The zero-order valence-electron chi connectivity index (χ0n) is 16.1. The molecule has 1 aromatic heterocycles. The summed E-state index contributed by atoms with van der Waals surface area (Å²) in [6.45, 7) is 2.92. The van der Waals surface area contributed by atoms with Crippen molar-refractivity contribution >= 4 is 17.4 Å². The summed E-state index contributed by atoms with van der Waals surface area (Å²) in [7, 11) is 1.57. The van der Waals surface area contributed by atoms with E-state index >= 15 is 0 Å². The van der Waals surface area contributed by atoms with E-state index in [9.17, 15) is 4.79 Å². The van der Waals surface area contributed by atoms with Crippen LogP contribution in [0.1, 0.15) is 30.3 Å². The Labute approximate surface area is 165 Å². The van der Waals surface area contributed by atoms with Crippen LogP contribution in [0.15, 0.2) is 60.7 Å². The summed E-state index contributed by atoms with van der Waals surface area (Å²) in [5.74, 6) is 1.41. The third-order valence-electron chi connectivity index (χ3n) is 4.18. The van der Waals surface area contributed by atoms with E-state index in [1.165, 1.54) is 0 Å². The highest BCUT2D eigenvalue weighted by Gasteiger charge is 2.15. The number of nitrogens with zero attached hydrogens (tertiary/aromatic N) is 2. The molecule has 0 atom stereocenters. The molecule has 0 unspecified atom stereocenters. The standard InChI is InChI=1S/C22H24N4O2/c1-3-4-14-23-20-15-18(24-21(26-20)16-10-6-5-7-11-16)22(27)25-17-12-8-9-13-19(17)28-2/h5-13,15H,3-4,14H2,1-2H3,(H,25,27)(H,23,24,26). The molecular weight excluding hydrogens is 352 g/mol. The Morgan fingerprint density at radius 3 is 2.54 bits per heavy atom. The first-order valence-electron chi connectivity index (χ1n) is 9.34. The number of carbonyl (C=O) groups is 1. The Balaban J connectivity index is 1.91. The van der Waals surface area contributed by atoms with Crippen molar-refractivity contribution in [3.8, 4) is 17.1 Å². The summed E-state index contributed by atoms with van der Waals surface area (Å²) in [6.07, 6.45) is 2.10. The van der Waals surface area contributed by atoms with Gasteiger partial charge >= 0.3 is 0 Å². The number of carbonyl (C=O) groups excluding carboxylic acids is 1. The van der Waals surface area contributed by atoms with Crippen molar-refractivity contribution in [2.24, 2.45) is 0 Å². The molecule has 28 heavy (non-hydrogen) atoms. The van der Waals surface area contributed by atoms with E-state index < -0.39 is 0 Å². The predicted molar refractivity (Wildman–Crippen MR) is 112 cm³/mol. The fraction of sp³-hybridized carbons (Fsp3) is 0.227. The molecule has 0 spiro atoms. The summed E-state index contributed by atoms with van der Waals surface area (Å²) < 4.78 is 5.30. The van der Waals surface area contributed by atoms with Gasteiger partial charge in [0.25, 0.3) is 5.91 Å². The Morgan fingerprint density at radius 1 is 1.04 bits per heavy atom. The van der Waals surface area contributed by atoms with Crippen molar-refractivity contribution in [2.75, 3.05) is 24.3 Å². The van der Waals surface area contributed by atoms with Crippen LogP contribution < -0.4 is 15.4 Å². The van der Waals surface area contributed by atoms with Gasteiger partial charge in [-0.15, -0.1) is 0 Å². The molecule has 0 aliphatic rings. The number of nitrogens with one attached hydrogen (secondary N) is 2. The van der Waals surface area contributed by atoms with Crippen molar-refractivity contribution in [1.29, 1.82) is 0 Å². The van der Waals surface area contributed by atoms with Gasteiger partial charge in [-0.2, -0.15) is 0 Å². The fourth-order valence-corrected chi connectivity index (χ4v) is 2.70. The van der Waals surface area contributed by atoms with E-state index in [-0.39, 0.29) is 5.91 Å². The number of rotatable bonds is 8. The number of unbranched alkanes of at least 4 members (excludes halogenated alkanes) is 1. The van der Waals surface area contributed by atoms with Gasteiger partial charge in [0.1, 0.15) is 17.3 Å². The van der Waals surface area contributed by atoms with Crippen LogP contribution in [0.2, 0.25) is 0 Å². The molecule has 2 N–H and O–H groups in total. The van der Waals surface area contributed by atoms with Gasteiger partial charge in [0.15, 0.2) is 5.82 Å². The Kier molecular flexibility index (Phi) is 6.57. The van der Waals surface area contributed by atoms with Gasteiger partial charge in [0, 0.05) is 18.2 Å². The molecule has 3 rings (SSSR count). The molecule has 0 fully saturated rings. The number of ether oxygens (including phenoxy) is 1. The molecule has 6 heteroatoms. The number of methoxy groups -OCH3 is 1. The normalized spacial score (nSPS) is 10.4. The highest BCUT2D eigenvalue weighted by Crippen LogP contribution is 2.24. The molecule has 0 radical (unpaired) electrons. The number of hydrogen-bond donors (Lipinski definition) is 2. The second kappa shape index (κ2) is 9.50. The van der Waals surface area contributed by atoms with E-state index in [0.717, 1.165) is 24.9 Å². The van der Waals surface area contributed by atoms with Crippen LogP contribution >= 0.6 is 0 Å². The minimum Gasteiger partial charge on any atom is -0.495 e. The Hall–Kier alpha value is -3.41. The number of aromatic nitrogens is 2. The zero-order valence-corrected chi connectivity index (χ0v) is 16.1. The average Bonchev–Trinajstić information content (AvgIpc) is 2.74. The van der Waals surface area contributed by atoms with Crippen LogP contribution in [-0.2, 0) is 0 Å². The minimum atomic E-state index is -0.317. The second-order valence-electron chi connectivity index (χ2n) is 6.26. The van der Waals surface area contributed by atoms with Crippen molar-refractivity contribution in [2.45, 2.75) is 19.8 Å². The summed E-state index contributed by atoms with van der Waals surface area (Å²) in [5.41, 5.74) is 1.74. The quantitative estimate of drug-likeness (QED) is 0.561. The van der Waals surface area contributed by atoms with Crippen LogP contribution in [0.25, 0.3) is 11.4 Å². The molecule has 3 aromatic rings. The molecule has 0 saturated carbocycles. The molecule has 1 heterocycles. The fourth-order valence-electron chi connectivity index (χ4n) is 2.70. The summed E-state index contributed by atoms with van der Waals surface area (Å²) in [4.78, 5) is 21.9. The maximum Gasteiger partial charge on any atom is 0.274 e. The molecule has 1 amide bonds. The largest absolute Gasteiger partial charge is 0.495 e. The highest BCUT2D eigenvalue weighted by atomic mass is 16.5. The second-order valence-corrected chi connectivity index (χ2v) is 6.26. The summed E-state index contributed by atoms with van der Waals surface area (Å²) >= 11 is 0. The molecule has 144 valence electrons. The molecule has 0 saturated heterocycles. The van der Waals surface area contributed by atoms with Crippen LogP contribution in [0.5, 0.6) is 5.75 Å². The number of benzene rings is 2. The monoisotopic (exact) mass is 376 g/mol. The lowest BCUT2D eigenvalue weighted by Gasteiger charge is -2.12. The van der Waals surface area contributed by atoms with Gasteiger partial charge < -0.3 is 15.4 Å². The lowest BCUT2D eigenvalue weighted by molar-refractivity contribution is 0.102. The average molecular weight is 376 g/mol. The maximum atomic E-state index is 12.9. The lowest BCUT2D eigenvalue weighted by atomic mass is 10.2. The topological polar surface area (TPSA) is 76.1 Å². The first kappa shape index (κ1) is 19.4. The van der Waals surface area contributed by atoms with Crippen molar-refractivity contribution < 1.29 is 9.53 Å². The van der Waals surface area contributed by atoms with Crippen molar-refractivity contribution in [1.82, 2.24) is 9.97 Å². The van der Waals surface area contributed by atoms with Crippen LogP contribution in [-0.4, -0.2) is 29.5 Å². The number of hydrogen-bond acceptors (Lipinski definition) is 5. The smallest absolute Gasteiger partial charge is 0.274 e. The predicted octanol–water partition coefficient (Wildman–Crippen LogP) is 4.62. The zero-order chi connectivity index (χ0) is 19.8. The first-order valence-corrected chi connectivity index (χ1v) is 9.34. The van der Waals surface area contributed by atoms with Gasteiger partial charge in [-0.3, -0.25) is 4.79 Å². The minimum absolute atomic E-state index is 0.291. The summed E-state index contributed by atoms with van der Waals surface area (Å²) in [5, 5.41) is 6.15. The molecule has 0 aliphatic heterocycles. The molecule has 2 aromatic carbocycles. The van der Waals surface area contributed by atoms with Gasteiger partial charge in [-0.1, -0.05) is 55.8 Å². The van der Waals surface area contributed by atoms with Crippen molar-refractivity contribution in [3.05, 3.63) is 66.4 Å². The molecule has 0 bridgehead atoms. The van der Waals surface area contributed by atoms with E-state index in [1.54, 1.807) is 25.3 Å². The van der Waals surface area contributed by atoms with E-state index in [0.29, 0.717) is 28.8 Å². The lowest BCUT2D eigenvalue weighted by Crippen LogP contribution is -2.16. The number of para-hydroxylation sites is 2. The third-order valence-corrected chi connectivity index (χ3v) is 4.18. The molecule has 6 nitrogen and oxygen atoms in total. The van der Waals surface area contributed by atoms with Crippen molar-refractivity contribution in [3.63, 3.8) is 0 Å². The van der Waals surface area contributed by atoms with Gasteiger partial charge in [0.05, 0.1) is 12.8 Å². The van der Waals surface area contributed by atoms with Gasteiger partial charge in [-0.25, -0.2) is 9.97 Å². The van der Waals surface area contributed by atoms with Gasteiger partial charge in [0.2, 0.25) is 0 Å². The van der Waals surface area contributed by atoms with Crippen LogP contribution in [0, 0.1) is 0 Å². The Bertz CT molecular complexity index is 929.